The molecule has 2 atom stereocenters. The molecule has 0 aliphatic rings. The quantitative estimate of drug-likeness (QED) is 0.559. The van der Waals surface area contributed by atoms with Gasteiger partial charge in [0, 0.05) is 18.5 Å². The van der Waals surface area contributed by atoms with Crippen LogP contribution in [0.15, 0.2) is 33.9 Å². The Bertz CT molecular complexity index is 1050. The van der Waals surface area contributed by atoms with Gasteiger partial charge in [-0.2, -0.15) is 0 Å². The summed E-state index contributed by atoms with van der Waals surface area (Å²) in [4.78, 5) is 46.9. The van der Waals surface area contributed by atoms with Crippen LogP contribution < -0.4 is 16.6 Å². The van der Waals surface area contributed by atoms with Crippen molar-refractivity contribution in [3.63, 3.8) is 0 Å². The Morgan fingerprint density at radius 1 is 1.15 bits per heavy atom. The average molecular weight is 355 g/mol. The van der Waals surface area contributed by atoms with Gasteiger partial charge in [0.05, 0.1) is 0 Å². The SMILES string of the molecule is CCC(C)C(c1ccc(NC(C)=O)cc1)c1nc2[nH]c(=O)[nH]c(=O)c2[nH]1. The zero-order valence-corrected chi connectivity index (χ0v) is 14.8. The van der Waals surface area contributed by atoms with Gasteiger partial charge in [0.25, 0.3) is 5.56 Å². The number of anilines is 1. The summed E-state index contributed by atoms with van der Waals surface area (Å²) in [5, 5.41) is 2.74. The van der Waals surface area contributed by atoms with Gasteiger partial charge in [-0.05, 0) is 23.6 Å². The van der Waals surface area contributed by atoms with E-state index in [0.29, 0.717) is 5.82 Å². The van der Waals surface area contributed by atoms with Gasteiger partial charge in [0.15, 0.2) is 5.65 Å². The van der Waals surface area contributed by atoms with Gasteiger partial charge in [0.2, 0.25) is 5.91 Å². The lowest BCUT2D eigenvalue weighted by Gasteiger charge is -2.21. The van der Waals surface area contributed by atoms with Gasteiger partial charge in [-0.25, -0.2) is 9.78 Å². The molecule has 0 bridgehead atoms. The van der Waals surface area contributed by atoms with Crippen LogP contribution in [-0.4, -0.2) is 25.8 Å². The van der Waals surface area contributed by atoms with Gasteiger partial charge in [-0.1, -0.05) is 32.4 Å². The lowest BCUT2D eigenvalue weighted by molar-refractivity contribution is -0.114. The zero-order valence-electron chi connectivity index (χ0n) is 14.8. The van der Waals surface area contributed by atoms with Crippen molar-refractivity contribution >= 4 is 22.8 Å². The smallest absolute Gasteiger partial charge is 0.327 e. The molecule has 3 aromatic rings. The molecule has 0 saturated heterocycles. The number of benzene rings is 1. The third-order valence-electron chi connectivity index (χ3n) is 4.51. The molecule has 3 rings (SSSR count). The van der Waals surface area contributed by atoms with Crippen molar-refractivity contribution < 1.29 is 4.79 Å². The molecule has 1 aromatic carbocycles. The van der Waals surface area contributed by atoms with Crippen LogP contribution in [0, 0.1) is 5.92 Å². The summed E-state index contributed by atoms with van der Waals surface area (Å²) in [5.74, 6) is 0.653. The predicted molar refractivity (Wildman–Crippen MR) is 99.4 cm³/mol. The molecule has 8 nitrogen and oxygen atoms in total. The molecular weight excluding hydrogens is 334 g/mol. The van der Waals surface area contributed by atoms with Crippen molar-refractivity contribution in [3.8, 4) is 0 Å². The number of nitrogens with zero attached hydrogens (tertiary/aromatic N) is 1. The number of hydrogen-bond acceptors (Lipinski definition) is 4. The van der Waals surface area contributed by atoms with Crippen molar-refractivity contribution in [2.45, 2.75) is 33.1 Å². The second kappa shape index (κ2) is 6.99. The molecule has 136 valence electrons. The fraction of sp³-hybridized carbons (Fsp3) is 0.333. The number of carbonyl (C=O) groups excluding carboxylic acids is 1. The van der Waals surface area contributed by atoms with Crippen LogP contribution in [0.2, 0.25) is 0 Å². The van der Waals surface area contributed by atoms with Gasteiger partial charge in [-0.3, -0.25) is 19.6 Å². The van der Waals surface area contributed by atoms with E-state index in [1.807, 2.05) is 24.3 Å². The van der Waals surface area contributed by atoms with E-state index in [1.165, 1.54) is 6.92 Å². The van der Waals surface area contributed by atoms with E-state index in [9.17, 15) is 14.4 Å². The summed E-state index contributed by atoms with van der Waals surface area (Å²) in [7, 11) is 0. The molecular formula is C18H21N5O3. The third-order valence-corrected chi connectivity index (χ3v) is 4.51. The van der Waals surface area contributed by atoms with Crippen molar-refractivity contribution in [1.82, 2.24) is 19.9 Å². The second-order valence-electron chi connectivity index (χ2n) is 6.42. The molecule has 0 spiro atoms. The first-order valence-corrected chi connectivity index (χ1v) is 8.48. The summed E-state index contributed by atoms with van der Waals surface area (Å²) in [6, 6.07) is 7.54. The molecule has 0 fully saturated rings. The minimum absolute atomic E-state index is 0.0818. The predicted octanol–water partition coefficient (Wildman–Crippen LogP) is 2.08. The molecule has 1 amide bonds. The van der Waals surface area contributed by atoms with Crippen LogP contribution >= 0.6 is 0 Å². The molecule has 0 radical (unpaired) electrons. The van der Waals surface area contributed by atoms with Crippen molar-refractivity contribution in [3.05, 3.63) is 56.5 Å². The van der Waals surface area contributed by atoms with E-state index in [4.69, 9.17) is 0 Å². The van der Waals surface area contributed by atoms with Crippen LogP contribution in [0.25, 0.3) is 11.2 Å². The van der Waals surface area contributed by atoms with Crippen LogP contribution in [0.3, 0.4) is 0 Å². The number of amides is 1. The maximum absolute atomic E-state index is 12.0. The van der Waals surface area contributed by atoms with E-state index < -0.39 is 11.2 Å². The second-order valence-corrected chi connectivity index (χ2v) is 6.42. The summed E-state index contributed by atoms with van der Waals surface area (Å²) in [5.41, 5.74) is 1.15. The summed E-state index contributed by atoms with van der Waals surface area (Å²) in [6.07, 6.45) is 0.905. The fourth-order valence-corrected chi connectivity index (χ4v) is 3.07. The molecule has 2 unspecified atom stereocenters. The van der Waals surface area contributed by atoms with Gasteiger partial charge < -0.3 is 10.3 Å². The molecule has 2 aromatic heterocycles. The van der Waals surface area contributed by atoms with Crippen LogP contribution in [0.1, 0.15) is 44.5 Å². The first kappa shape index (κ1) is 17.7. The summed E-state index contributed by atoms with van der Waals surface area (Å²) < 4.78 is 0. The number of nitrogens with one attached hydrogen (secondary N) is 4. The minimum Gasteiger partial charge on any atom is -0.336 e. The molecule has 8 heteroatoms. The topological polar surface area (TPSA) is 123 Å². The first-order chi connectivity index (χ1) is 12.4. The maximum atomic E-state index is 12.0. The van der Waals surface area contributed by atoms with E-state index >= 15 is 0 Å². The number of hydrogen-bond donors (Lipinski definition) is 4. The van der Waals surface area contributed by atoms with Crippen molar-refractivity contribution in [2.24, 2.45) is 5.92 Å². The zero-order chi connectivity index (χ0) is 18.8. The Morgan fingerprint density at radius 2 is 1.85 bits per heavy atom. The lowest BCUT2D eigenvalue weighted by Crippen LogP contribution is -2.21. The number of fused-ring (bicyclic) bond motifs is 1. The van der Waals surface area contributed by atoms with Gasteiger partial charge >= 0.3 is 5.69 Å². The van der Waals surface area contributed by atoms with Crippen LogP contribution in [0.4, 0.5) is 5.69 Å². The monoisotopic (exact) mass is 355 g/mol. The number of aromatic nitrogens is 4. The summed E-state index contributed by atoms with van der Waals surface area (Å²) >= 11 is 0. The maximum Gasteiger partial charge on any atom is 0.327 e. The Labute approximate surface area is 149 Å². The number of H-pyrrole nitrogens is 3. The number of carbonyl (C=O) groups is 1. The average Bonchev–Trinajstić information content (AvgIpc) is 2.99. The molecule has 4 N–H and O–H groups in total. The highest BCUT2D eigenvalue weighted by Crippen LogP contribution is 2.33. The third kappa shape index (κ3) is 3.44. The molecule has 0 aliphatic carbocycles. The van der Waals surface area contributed by atoms with E-state index in [1.54, 1.807) is 0 Å². The Balaban J connectivity index is 2.06. The standard InChI is InChI=1S/C18H21N5O3/c1-4-9(2)13(11-5-7-12(8-6-11)19-10(3)24)15-20-14-16(21-15)22-18(26)23-17(14)25/h5-9,13H,4H2,1-3H3,(H,19,24)(H3,20,21,22,23,25,26). The lowest BCUT2D eigenvalue weighted by atomic mass is 9.85. The molecule has 2 heterocycles. The van der Waals surface area contributed by atoms with Crippen LogP contribution in [-0.2, 0) is 4.79 Å². The number of aromatic amines is 3. The molecule has 0 aliphatic heterocycles. The highest BCUT2D eigenvalue weighted by molar-refractivity contribution is 5.88. The Morgan fingerprint density at radius 3 is 2.46 bits per heavy atom. The fourth-order valence-electron chi connectivity index (χ4n) is 3.07. The summed E-state index contributed by atoms with van der Waals surface area (Å²) in [6.45, 7) is 5.65. The molecule has 0 saturated carbocycles. The molecule has 26 heavy (non-hydrogen) atoms. The largest absolute Gasteiger partial charge is 0.336 e. The first-order valence-electron chi connectivity index (χ1n) is 8.48. The van der Waals surface area contributed by atoms with Crippen LogP contribution in [0.5, 0.6) is 0 Å². The normalized spacial score (nSPS) is 13.5. The highest BCUT2D eigenvalue weighted by atomic mass is 16.2. The Kier molecular flexibility index (Phi) is 4.75. The van der Waals surface area contributed by atoms with Crippen molar-refractivity contribution in [1.29, 1.82) is 0 Å². The minimum atomic E-state index is -0.583. The number of imidazole rings is 1. The van der Waals surface area contributed by atoms with Gasteiger partial charge in [-0.15, -0.1) is 0 Å². The van der Waals surface area contributed by atoms with Crippen molar-refractivity contribution in [2.75, 3.05) is 5.32 Å². The number of rotatable bonds is 5. The Hall–Kier alpha value is -3.16. The van der Waals surface area contributed by atoms with E-state index in [0.717, 1.165) is 17.7 Å². The van der Waals surface area contributed by atoms with E-state index in [-0.39, 0.29) is 28.9 Å². The highest BCUT2D eigenvalue weighted by Gasteiger charge is 2.24. The van der Waals surface area contributed by atoms with E-state index in [2.05, 4.69) is 39.1 Å². The van der Waals surface area contributed by atoms with Gasteiger partial charge in [0.1, 0.15) is 11.3 Å².